The zero-order valence-corrected chi connectivity index (χ0v) is 15.5. The molecule has 0 unspecified atom stereocenters. The van der Waals surface area contributed by atoms with Crippen molar-refractivity contribution in [2.24, 2.45) is 0 Å². The number of nitrogens with one attached hydrogen (secondary N) is 2. The van der Waals surface area contributed by atoms with E-state index in [9.17, 15) is 9.59 Å². The highest BCUT2D eigenvalue weighted by Crippen LogP contribution is 2.28. The number of methoxy groups -OCH3 is 1. The third-order valence-corrected chi connectivity index (χ3v) is 4.43. The maximum Gasteiger partial charge on any atom is 0.238 e. The van der Waals surface area contributed by atoms with Crippen molar-refractivity contribution in [3.8, 4) is 5.75 Å². The lowest BCUT2D eigenvalue weighted by atomic mass is 10.2. The normalized spacial score (nSPS) is 10.6. The summed E-state index contributed by atoms with van der Waals surface area (Å²) in [5.74, 6) is 0.246. The molecule has 25 heavy (non-hydrogen) atoms. The highest BCUT2D eigenvalue weighted by molar-refractivity contribution is 7.09. The molecule has 0 saturated carbocycles. The molecule has 2 N–H and O–H groups in total. The topological polar surface area (TPSA) is 70.7 Å². The summed E-state index contributed by atoms with van der Waals surface area (Å²) >= 11 is 1.68. The van der Waals surface area contributed by atoms with Crippen LogP contribution in [0.4, 0.5) is 11.4 Å². The molecule has 0 fully saturated rings. The summed E-state index contributed by atoms with van der Waals surface area (Å²) in [7, 11) is 1.54. The van der Waals surface area contributed by atoms with Crippen molar-refractivity contribution in [2.45, 2.75) is 20.4 Å². The van der Waals surface area contributed by atoms with Gasteiger partial charge in [0.1, 0.15) is 5.75 Å². The van der Waals surface area contributed by atoms with Crippen molar-refractivity contribution >= 4 is 34.5 Å². The molecule has 0 aliphatic heterocycles. The van der Waals surface area contributed by atoms with Gasteiger partial charge in [0, 0.05) is 24.0 Å². The molecule has 0 atom stereocenters. The third-order valence-electron chi connectivity index (χ3n) is 3.57. The van der Waals surface area contributed by atoms with Crippen LogP contribution in [0.3, 0.4) is 0 Å². The smallest absolute Gasteiger partial charge is 0.238 e. The van der Waals surface area contributed by atoms with E-state index in [1.165, 1.54) is 18.9 Å². The van der Waals surface area contributed by atoms with E-state index in [-0.39, 0.29) is 18.4 Å². The average Bonchev–Trinajstić information content (AvgIpc) is 3.07. The van der Waals surface area contributed by atoms with Gasteiger partial charge in [0.15, 0.2) is 0 Å². The summed E-state index contributed by atoms with van der Waals surface area (Å²) in [6.07, 6.45) is 0. The molecule has 2 amide bonds. The molecule has 0 spiro atoms. The molecule has 0 saturated heterocycles. The van der Waals surface area contributed by atoms with Gasteiger partial charge in [0.25, 0.3) is 0 Å². The van der Waals surface area contributed by atoms with Crippen LogP contribution in [-0.2, 0) is 16.1 Å². The van der Waals surface area contributed by atoms with Crippen LogP contribution in [0.1, 0.15) is 18.7 Å². The van der Waals surface area contributed by atoms with Gasteiger partial charge in [0.05, 0.1) is 19.3 Å². The van der Waals surface area contributed by atoms with Gasteiger partial charge >= 0.3 is 0 Å². The van der Waals surface area contributed by atoms with Crippen molar-refractivity contribution in [3.05, 3.63) is 40.6 Å². The maximum atomic E-state index is 12.4. The van der Waals surface area contributed by atoms with E-state index in [2.05, 4.69) is 21.6 Å². The number of hydrogen-bond donors (Lipinski definition) is 2. The number of ether oxygens (including phenoxy) is 1. The first-order chi connectivity index (χ1) is 12.0. The number of carbonyl (C=O) groups excluding carboxylic acids is 2. The molecule has 0 bridgehead atoms. The second-order valence-electron chi connectivity index (χ2n) is 5.53. The first-order valence-corrected chi connectivity index (χ1v) is 8.90. The number of thiophene rings is 1. The van der Waals surface area contributed by atoms with Gasteiger partial charge in [-0.05, 0) is 36.2 Å². The van der Waals surface area contributed by atoms with Crippen molar-refractivity contribution < 1.29 is 14.3 Å². The number of hydrogen-bond acceptors (Lipinski definition) is 5. The fraction of sp³-hybridized carbons (Fsp3) is 0.333. The third kappa shape index (κ3) is 5.88. The summed E-state index contributed by atoms with van der Waals surface area (Å²) in [4.78, 5) is 26.9. The summed E-state index contributed by atoms with van der Waals surface area (Å²) in [5, 5.41) is 7.59. The summed E-state index contributed by atoms with van der Waals surface area (Å²) < 4.78 is 5.28. The molecule has 1 heterocycles. The Kier molecular flexibility index (Phi) is 6.97. The van der Waals surface area contributed by atoms with Crippen LogP contribution >= 0.6 is 11.3 Å². The van der Waals surface area contributed by atoms with Gasteiger partial charge in [-0.1, -0.05) is 13.0 Å². The highest BCUT2D eigenvalue weighted by Gasteiger charge is 2.13. The number of rotatable bonds is 8. The summed E-state index contributed by atoms with van der Waals surface area (Å²) in [6, 6.07) is 9.19. The van der Waals surface area contributed by atoms with Crippen molar-refractivity contribution in [2.75, 3.05) is 30.8 Å². The van der Waals surface area contributed by atoms with E-state index in [4.69, 9.17) is 4.74 Å². The highest BCUT2D eigenvalue weighted by atomic mass is 32.1. The molecule has 134 valence electrons. The largest absolute Gasteiger partial charge is 0.495 e. The lowest BCUT2D eigenvalue weighted by Gasteiger charge is -2.19. The van der Waals surface area contributed by atoms with E-state index in [1.807, 2.05) is 18.4 Å². The zero-order valence-electron chi connectivity index (χ0n) is 14.7. The molecule has 1 aromatic heterocycles. The van der Waals surface area contributed by atoms with E-state index in [1.54, 1.807) is 29.5 Å². The lowest BCUT2D eigenvalue weighted by Crippen LogP contribution is -2.32. The van der Waals surface area contributed by atoms with Crippen LogP contribution in [0, 0.1) is 0 Å². The first-order valence-electron chi connectivity index (χ1n) is 8.02. The fourth-order valence-electron chi connectivity index (χ4n) is 2.38. The Hall–Kier alpha value is -2.38. The molecule has 0 radical (unpaired) electrons. The number of likely N-dealkylation sites (N-methyl/N-ethyl adjacent to an activating group) is 1. The first kappa shape index (κ1) is 19.0. The molecule has 7 heteroatoms. The molecule has 0 aliphatic carbocycles. The predicted octanol–water partition coefficient (Wildman–Crippen LogP) is 3.18. The van der Waals surface area contributed by atoms with Crippen molar-refractivity contribution in [1.29, 1.82) is 0 Å². The monoisotopic (exact) mass is 361 g/mol. The predicted molar refractivity (Wildman–Crippen MR) is 101 cm³/mol. The maximum absolute atomic E-state index is 12.4. The minimum absolute atomic E-state index is 0.128. The molecule has 0 aliphatic rings. The molecule has 1 aromatic carbocycles. The molecule has 2 rings (SSSR count). The van der Waals surface area contributed by atoms with E-state index < -0.39 is 0 Å². The van der Waals surface area contributed by atoms with Gasteiger partial charge in [-0.3, -0.25) is 14.5 Å². The summed E-state index contributed by atoms with van der Waals surface area (Å²) in [6.45, 7) is 5.26. The second-order valence-corrected chi connectivity index (χ2v) is 6.56. The lowest BCUT2D eigenvalue weighted by molar-refractivity contribution is -0.117. The number of nitrogens with zero attached hydrogens (tertiary/aromatic N) is 1. The van der Waals surface area contributed by atoms with Crippen LogP contribution in [0.15, 0.2) is 35.7 Å². The SMILES string of the molecule is CCN(CC(=O)Nc1cc(NC(C)=O)ccc1OC)Cc1cccs1. The van der Waals surface area contributed by atoms with Crippen LogP contribution in [-0.4, -0.2) is 36.9 Å². The van der Waals surface area contributed by atoms with Crippen LogP contribution in [0.5, 0.6) is 5.75 Å². The number of anilines is 2. The van der Waals surface area contributed by atoms with Gasteiger partial charge in [-0.15, -0.1) is 11.3 Å². The average molecular weight is 361 g/mol. The van der Waals surface area contributed by atoms with Crippen molar-refractivity contribution in [1.82, 2.24) is 4.90 Å². The van der Waals surface area contributed by atoms with Gasteiger partial charge in [0.2, 0.25) is 11.8 Å². The van der Waals surface area contributed by atoms with Gasteiger partial charge < -0.3 is 15.4 Å². The Morgan fingerprint density at radius 2 is 2.04 bits per heavy atom. The number of amides is 2. The number of carbonyl (C=O) groups is 2. The Balaban J connectivity index is 2.03. The minimum Gasteiger partial charge on any atom is -0.495 e. The fourth-order valence-corrected chi connectivity index (χ4v) is 3.13. The standard InChI is InChI=1S/C18H23N3O3S/c1-4-21(11-15-6-5-9-25-15)12-18(23)20-16-10-14(19-13(2)22)7-8-17(16)24-3/h5-10H,4,11-12H2,1-3H3,(H,19,22)(H,20,23). The van der Waals surface area contributed by atoms with E-state index >= 15 is 0 Å². The molecular formula is C18H23N3O3S. The number of benzene rings is 1. The zero-order chi connectivity index (χ0) is 18.2. The van der Waals surface area contributed by atoms with Crippen LogP contribution in [0.2, 0.25) is 0 Å². The van der Waals surface area contributed by atoms with Crippen molar-refractivity contribution in [3.63, 3.8) is 0 Å². The van der Waals surface area contributed by atoms with Gasteiger partial charge in [-0.25, -0.2) is 0 Å². The Morgan fingerprint density at radius 1 is 1.24 bits per heavy atom. The molecular weight excluding hydrogens is 338 g/mol. The van der Waals surface area contributed by atoms with E-state index in [0.29, 0.717) is 17.1 Å². The Morgan fingerprint density at radius 3 is 2.64 bits per heavy atom. The Bertz CT molecular complexity index is 716. The van der Waals surface area contributed by atoms with Gasteiger partial charge in [-0.2, -0.15) is 0 Å². The quantitative estimate of drug-likeness (QED) is 0.758. The second kappa shape index (κ2) is 9.19. The summed E-state index contributed by atoms with van der Waals surface area (Å²) in [5.41, 5.74) is 1.14. The Labute approximate surface area is 151 Å². The van der Waals surface area contributed by atoms with Crippen LogP contribution in [0.25, 0.3) is 0 Å². The van der Waals surface area contributed by atoms with E-state index in [0.717, 1.165) is 13.1 Å². The molecule has 6 nitrogen and oxygen atoms in total. The minimum atomic E-state index is -0.171. The molecule has 2 aromatic rings. The van der Waals surface area contributed by atoms with Crippen LogP contribution < -0.4 is 15.4 Å².